The van der Waals surface area contributed by atoms with Crippen LogP contribution in [0.3, 0.4) is 0 Å². The summed E-state index contributed by atoms with van der Waals surface area (Å²) in [4.78, 5) is 14.2. The number of allylic oxidation sites excluding steroid dienone is 3. The molecule has 4 saturated carbocycles. The number of hydrogen-bond acceptors (Lipinski definition) is 6. The minimum absolute atomic E-state index is 0.0926. The lowest BCUT2D eigenvalue weighted by atomic mass is 9.33. The second-order valence-electron chi connectivity index (χ2n) is 18.3. The standard InChI is InChI=1S/C40H66N2O4S/c1-28(2)30-15-19-40(41-22-23-42-24-26-47(44,45)27-25-42)21-20-38(6)31(35(30)40)12-13-33-37(5)17-14-29(10-9-11-34(43)46-8)36(3,4)32(37)16-18-39(33,38)7/h14,30-33,35,41H,1,9-13,15-27H2,2-8H3/t30-,31+,32-,33+,35+,37-,38+,39+,40-/m0/s1. The summed E-state index contributed by atoms with van der Waals surface area (Å²) in [7, 11) is -1.35. The highest BCUT2D eigenvalue weighted by molar-refractivity contribution is 7.91. The van der Waals surface area contributed by atoms with E-state index in [4.69, 9.17) is 4.74 Å². The number of carbonyl (C=O) groups is 1. The second-order valence-corrected chi connectivity index (χ2v) is 20.7. The quantitative estimate of drug-likeness (QED) is 0.201. The van der Waals surface area contributed by atoms with E-state index in [0.29, 0.717) is 70.9 Å². The van der Waals surface area contributed by atoms with Gasteiger partial charge in [0.2, 0.25) is 0 Å². The van der Waals surface area contributed by atoms with Gasteiger partial charge in [0, 0.05) is 38.1 Å². The van der Waals surface area contributed by atoms with Gasteiger partial charge in [-0.15, -0.1) is 0 Å². The number of nitrogens with one attached hydrogen (secondary N) is 1. The van der Waals surface area contributed by atoms with Crippen molar-refractivity contribution in [2.45, 2.75) is 124 Å². The molecule has 47 heavy (non-hydrogen) atoms. The van der Waals surface area contributed by atoms with Crippen LogP contribution in [0.5, 0.6) is 0 Å². The number of ether oxygens (including phenoxy) is 1. The maximum Gasteiger partial charge on any atom is 0.305 e. The van der Waals surface area contributed by atoms with Crippen LogP contribution >= 0.6 is 0 Å². The number of carbonyl (C=O) groups excluding carboxylic acids is 1. The average Bonchev–Trinajstić information content (AvgIpc) is 3.39. The van der Waals surface area contributed by atoms with Crippen LogP contribution in [0.2, 0.25) is 0 Å². The first-order chi connectivity index (χ1) is 22.0. The van der Waals surface area contributed by atoms with Crippen LogP contribution in [0.25, 0.3) is 0 Å². The zero-order valence-corrected chi connectivity index (χ0v) is 31.7. The summed E-state index contributed by atoms with van der Waals surface area (Å²) in [5.74, 6) is 3.85. The first-order valence-corrected chi connectivity index (χ1v) is 20.9. The Balaban J connectivity index is 1.22. The van der Waals surface area contributed by atoms with Crippen molar-refractivity contribution in [2.75, 3.05) is 44.8 Å². The molecule has 266 valence electrons. The lowest BCUT2D eigenvalue weighted by Gasteiger charge is -2.72. The lowest BCUT2D eigenvalue weighted by molar-refractivity contribution is -0.221. The molecule has 1 saturated heterocycles. The van der Waals surface area contributed by atoms with E-state index in [0.717, 1.165) is 31.8 Å². The van der Waals surface area contributed by atoms with Gasteiger partial charge in [-0.1, -0.05) is 58.4 Å². The number of sulfone groups is 1. The van der Waals surface area contributed by atoms with Crippen LogP contribution in [0.15, 0.2) is 23.8 Å². The van der Waals surface area contributed by atoms with E-state index in [9.17, 15) is 13.2 Å². The van der Waals surface area contributed by atoms with Crippen LogP contribution in [0.1, 0.15) is 119 Å². The molecule has 6 aliphatic rings. The molecule has 5 fully saturated rings. The number of hydrogen-bond donors (Lipinski definition) is 1. The van der Waals surface area contributed by atoms with Crippen LogP contribution in [-0.2, 0) is 19.4 Å². The minimum atomic E-state index is -2.85. The van der Waals surface area contributed by atoms with Crippen LogP contribution in [-0.4, -0.2) is 69.6 Å². The zero-order valence-electron chi connectivity index (χ0n) is 30.9. The monoisotopic (exact) mass is 670 g/mol. The van der Waals surface area contributed by atoms with Crippen molar-refractivity contribution >= 4 is 15.8 Å². The van der Waals surface area contributed by atoms with Gasteiger partial charge < -0.3 is 15.0 Å². The number of rotatable bonds is 9. The van der Waals surface area contributed by atoms with E-state index in [1.807, 2.05) is 0 Å². The smallest absolute Gasteiger partial charge is 0.305 e. The van der Waals surface area contributed by atoms with E-state index >= 15 is 0 Å². The molecule has 7 heteroatoms. The molecule has 0 spiro atoms. The fourth-order valence-electron chi connectivity index (χ4n) is 13.5. The Morgan fingerprint density at radius 3 is 2.38 bits per heavy atom. The SMILES string of the molecule is C=C(C)[C@@H]1CC[C@]2(NCCN3CCS(=O)(=O)CC3)CC[C@]3(C)[C@H](CC[C@@H]4[C@@]5(C)CC=C(CCCC(=O)OC)C(C)(C)[C@@H]5CC[C@]43C)[C@@H]12. The Hall–Kier alpha value is -1.18. The number of esters is 1. The number of fused-ring (bicyclic) bond motifs is 7. The molecule has 6 rings (SSSR count). The molecular weight excluding hydrogens is 605 g/mol. The second kappa shape index (κ2) is 12.5. The molecule has 9 atom stereocenters. The van der Waals surface area contributed by atoms with Gasteiger partial charge in [0.15, 0.2) is 9.84 Å². The average molecular weight is 671 g/mol. The van der Waals surface area contributed by atoms with Gasteiger partial charge in [0.25, 0.3) is 0 Å². The fourth-order valence-corrected chi connectivity index (χ4v) is 14.8. The molecule has 1 aliphatic heterocycles. The Morgan fingerprint density at radius 1 is 0.979 bits per heavy atom. The van der Waals surface area contributed by atoms with Gasteiger partial charge in [-0.05, 0) is 129 Å². The first-order valence-electron chi connectivity index (χ1n) is 19.1. The molecule has 6 nitrogen and oxygen atoms in total. The molecule has 0 unspecified atom stereocenters. The van der Waals surface area contributed by atoms with Crippen molar-refractivity contribution in [2.24, 2.45) is 51.2 Å². The van der Waals surface area contributed by atoms with Crippen molar-refractivity contribution in [1.82, 2.24) is 10.2 Å². The van der Waals surface area contributed by atoms with Gasteiger partial charge in [-0.2, -0.15) is 0 Å². The van der Waals surface area contributed by atoms with Crippen LogP contribution in [0, 0.1) is 51.2 Å². The summed E-state index contributed by atoms with van der Waals surface area (Å²) < 4.78 is 28.9. The van der Waals surface area contributed by atoms with Gasteiger partial charge in [0.05, 0.1) is 18.6 Å². The summed E-state index contributed by atoms with van der Waals surface area (Å²) in [5.41, 5.74) is 4.22. The summed E-state index contributed by atoms with van der Waals surface area (Å²) in [6.45, 7) is 23.3. The highest BCUT2D eigenvalue weighted by atomic mass is 32.2. The molecule has 5 aliphatic carbocycles. The van der Waals surface area contributed by atoms with Gasteiger partial charge in [-0.3, -0.25) is 4.79 Å². The molecule has 1 N–H and O–H groups in total. The molecule has 0 aromatic carbocycles. The maximum atomic E-state index is 12.0. The molecule has 0 bridgehead atoms. The largest absolute Gasteiger partial charge is 0.469 e. The van der Waals surface area contributed by atoms with Crippen molar-refractivity contribution in [3.63, 3.8) is 0 Å². The van der Waals surface area contributed by atoms with E-state index in [1.54, 1.807) is 5.57 Å². The maximum absolute atomic E-state index is 12.0. The normalized spacial score (nSPS) is 43.9. The van der Waals surface area contributed by atoms with Crippen LogP contribution in [0.4, 0.5) is 0 Å². The Labute approximate surface area is 287 Å². The van der Waals surface area contributed by atoms with Crippen molar-refractivity contribution in [3.05, 3.63) is 23.8 Å². The van der Waals surface area contributed by atoms with Crippen molar-refractivity contribution in [3.8, 4) is 0 Å². The van der Waals surface area contributed by atoms with Crippen LogP contribution < -0.4 is 5.32 Å². The van der Waals surface area contributed by atoms with Crippen molar-refractivity contribution in [1.29, 1.82) is 0 Å². The van der Waals surface area contributed by atoms with E-state index in [2.05, 4.69) is 64.4 Å². The predicted octanol–water partition coefficient (Wildman–Crippen LogP) is 7.60. The summed E-state index contributed by atoms with van der Waals surface area (Å²) in [6.07, 6.45) is 16.5. The van der Waals surface area contributed by atoms with Gasteiger partial charge >= 0.3 is 5.97 Å². The van der Waals surface area contributed by atoms with E-state index < -0.39 is 9.84 Å². The third-order valence-electron chi connectivity index (χ3n) is 16.2. The molecule has 1 heterocycles. The molecule has 0 radical (unpaired) electrons. The minimum Gasteiger partial charge on any atom is -0.469 e. The Bertz CT molecular complexity index is 1360. The van der Waals surface area contributed by atoms with E-state index in [-0.39, 0.29) is 16.9 Å². The molecule has 0 amide bonds. The highest BCUT2D eigenvalue weighted by Gasteiger charge is 2.70. The first kappa shape index (κ1) is 35.6. The van der Waals surface area contributed by atoms with E-state index in [1.165, 1.54) is 70.5 Å². The lowest BCUT2D eigenvalue weighted by Crippen LogP contribution is -2.68. The molecular formula is C40H66N2O4S. The predicted molar refractivity (Wildman–Crippen MR) is 192 cm³/mol. The van der Waals surface area contributed by atoms with Gasteiger partial charge in [-0.25, -0.2) is 8.42 Å². The third kappa shape index (κ3) is 5.82. The fraction of sp³-hybridized carbons (Fsp3) is 0.875. The third-order valence-corrected chi connectivity index (χ3v) is 17.8. The summed E-state index contributed by atoms with van der Waals surface area (Å²) in [5, 5.41) is 4.21. The topological polar surface area (TPSA) is 75.7 Å². The summed E-state index contributed by atoms with van der Waals surface area (Å²) in [6, 6.07) is 0. The van der Waals surface area contributed by atoms with Gasteiger partial charge in [0.1, 0.15) is 0 Å². The Morgan fingerprint density at radius 2 is 1.70 bits per heavy atom. The number of methoxy groups -OCH3 is 1. The zero-order chi connectivity index (χ0) is 34.0. The Kier molecular flexibility index (Phi) is 9.51. The molecule has 0 aromatic rings. The highest BCUT2D eigenvalue weighted by Crippen LogP contribution is 2.76. The van der Waals surface area contributed by atoms with Crippen molar-refractivity contribution < 1.29 is 17.9 Å². The molecule has 0 aromatic heterocycles. The number of nitrogens with zero attached hydrogens (tertiary/aromatic N) is 1. The summed E-state index contributed by atoms with van der Waals surface area (Å²) >= 11 is 0.